The van der Waals surface area contributed by atoms with Crippen molar-refractivity contribution in [2.45, 2.75) is 33.2 Å². The third-order valence-corrected chi connectivity index (χ3v) is 4.09. The average molecular weight is 196 g/mol. The minimum absolute atomic E-state index is 0.742. The van der Waals surface area contributed by atoms with Gasteiger partial charge in [-0.05, 0) is 45.2 Å². The number of piperidine rings is 1. The van der Waals surface area contributed by atoms with Crippen LogP contribution in [0.4, 0.5) is 0 Å². The number of likely N-dealkylation sites (tertiary alicyclic amines) is 2. The number of nitrogens with zero attached hydrogens (tertiary/aromatic N) is 2. The predicted molar refractivity (Wildman–Crippen MR) is 60.4 cm³/mol. The van der Waals surface area contributed by atoms with Crippen molar-refractivity contribution in [1.82, 2.24) is 9.80 Å². The molecule has 14 heavy (non-hydrogen) atoms. The third kappa shape index (κ3) is 1.96. The maximum Gasteiger partial charge on any atom is 0.00387 e. The van der Waals surface area contributed by atoms with E-state index in [-0.39, 0.29) is 0 Å². The van der Waals surface area contributed by atoms with Gasteiger partial charge in [0.1, 0.15) is 0 Å². The van der Waals surface area contributed by atoms with Crippen molar-refractivity contribution in [2.24, 2.45) is 11.8 Å². The van der Waals surface area contributed by atoms with Crippen molar-refractivity contribution in [3.63, 3.8) is 0 Å². The van der Waals surface area contributed by atoms with E-state index in [1.54, 1.807) is 0 Å². The van der Waals surface area contributed by atoms with Gasteiger partial charge in [0.05, 0.1) is 0 Å². The lowest BCUT2D eigenvalue weighted by Crippen LogP contribution is -2.43. The number of rotatable bonds is 2. The molecule has 2 rings (SSSR count). The number of fused-ring (bicyclic) bond motifs is 1. The van der Waals surface area contributed by atoms with Gasteiger partial charge in [-0.1, -0.05) is 6.92 Å². The molecule has 0 aliphatic carbocycles. The quantitative estimate of drug-likeness (QED) is 0.663. The Bertz CT molecular complexity index is 191. The van der Waals surface area contributed by atoms with Crippen LogP contribution < -0.4 is 0 Å². The van der Waals surface area contributed by atoms with E-state index in [2.05, 4.69) is 30.6 Å². The minimum Gasteiger partial charge on any atom is -0.303 e. The van der Waals surface area contributed by atoms with E-state index in [4.69, 9.17) is 0 Å². The molecule has 0 bridgehead atoms. The maximum atomic E-state index is 2.65. The van der Waals surface area contributed by atoms with E-state index in [0.29, 0.717) is 0 Å². The van der Waals surface area contributed by atoms with Crippen LogP contribution >= 0.6 is 0 Å². The summed E-state index contributed by atoms with van der Waals surface area (Å²) in [7, 11) is 0. The van der Waals surface area contributed by atoms with Gasteiger partial charge in [0.15, 0.2) is 0 Å². The molecule has 0 amide bonds. The molecular weight excluding hydrogens is 172 g/mol. The molecule has 2 unspecified atom stereocenters. The standard InChI is InChI=1S/C12H24N2/c1-4-13-7-11-5-6-14(10(2)3)9-12(11)8-13/h10-12H,4-9H2,1-3H3. The Morgan fingerprint density at radius 2 is 1.86 bits per heavy atom. The highest BCUT2D eigenvalue weighted by Crippen LogP contribution is 2.31. The third-order valence-electron chi connectivity index (χ3n) is 4.09. The monoisotopic (exact) mass is 196 g/mol. The summed E-state index contributed by atoms with van der Waals surface area (Å²) in [6.07, 6.45) is 1.43. The molecule has 0 radical (unpaired) electrons. The molecule has 0 aromatic carbocycles. The van der Waals surface area contributed by atoms with Gasteiger partial charge in [-0.25, -0.2) is 0 Å². The zero-order valence-corrected chi connectivity index (χ0v) is 9.87. The first kappa shape index (κ1) is 10.4. The second-order valence-electron chi connectivity index (χ2n) is 5.25. The first-order chi connectivity index (χ1) is 6.70. The summed E-state index contributed by atoms with van der Waals surface area (Å²) in [4.78, 5) is 5.28. The molecule has 2 nitrogen and oxygen atoms in total. The Morgan fingerprint density at radius 3 is 2.50 bits per heavy atom. The highest BCUT2D eigenvalue weighted by molar-refractivity contribution is 4.90. The van der Waals surface area contributed by atoms with Crippen LogP contribution in [0.3, 0.4) is 0 Å². The summed E-state index contributed by atoms with van der Waals surface area (Å²) in [5.41, 5.74) is 0. The Labute approximate surface area is 88.3 Å². The first-order valence-electron chi connectivity index (χ1n) is 6.17. The molecule has 2 saturated heterocycles. The van der Waals surface area contributed by atoms with E-state index in [9.17, 15) is 0 Å². The molecule has 2 aliphatic rings. The smallest absolute Gasteiger partial charge is 0.00387 e. The van der Waals surface area contributed by atoms with E-state index < -0.39 is 0 Å². The van der Waals surface area contributed by atoms with Gasteiger partial charge in [-0.3, -0.25) is 0 Å². The Balaban J connectivity index is 1.91. The van der Waals surface area contributed by atoms with Crippen molar-refractivity contribution >= 4 is 0 Å². The second-order valence-corrected chi connectivity index (χ2v) is 5.25. The zero-order valence-electron chi connectivity index (χ0n) is 9.87. The molecule has 2 heteroatoms. The van der Waals surface area contributed by atoms with Crippen LogP contribution in [0.15, 0.2) is 0 Å². The van der Waals surface area contributed by atoms with Crippen molar-refractivity contribution < 1.29 is 0 Å². The van der Waals surface area contributed by atoms with Crippen LogP contribution in [-0.4, -0.2) is 48.6 Å². The van der Waals surface area contributed by atoms with Gasteiger partial charge in [0, 0.05) is 25.7 Å². The van der Waals surface area contributed by atoms with Gasteiger partial charge >= 0.3 is 0 Å². The van der Waals surface area contributed by atoms with Crippen molar-refractivity contribution in [3.8, 4) is 0 Å². The SMILES string of the molecule is CCN1CC2CCN(C(C)C)CC2C1. The molecule has 0 N–H and O–H groups in total. The van der Waals surface area contributed by atoms with Gasteiger partial charge in [-0.2, -0.15) is 0 Å². The molecule has 0 aromatic rings. The molecule has 82 valence electrons. The highest BCUT2D eigenvalue weighted by atomic mass is 15.2. The summed E-state index contributed by atoms with van der Waals surface area (Å²) in [6.45, 7) is 13.6. The normalized spacial score (nSPS) is 35.1. The molecular formula is C12H24N2. The van der Waals surface area contributed by atoms with Gasteiger partial charge in [-0.15, -0.1) is 0 Å². The fraction of sp³-hybridized carbons (Fsp3) is 1.00. The van der Waals surface area contributed by atoms with Gasteiger partial charge < -0.3 is 9.80 Å². The summed E-state index contributed by atoms with van der Waals surface area (Å²) in [6, 6.07) is 0.742. The Kier molecular flexibility index (Phi) is 3.13. The fourth-order valence-electron chi connectivity index (χ4n) is 3.02. The average Bonchev–Trinajstić information content (AvgIpc) is 2.58. The number of hydrogen-bond acceptors (Lipinski definition) is 2. The lowest BCUT2D eigenvalue weighted by atomic mass is 9.88. The Morgan fingerprint density at radius 1 is 1.14 bits per heavy atom. The molecule has 2 fully saturated rings. The lowest BCUT2D eigenvalue weighted by molar-refractivity contribution is 0.118. The van der Waals surface area contributed by atoms with Crippen LogP contribution in [-0.2, 0) is 0 Å². The highest BCUT2D eigenvalue weighted by Gasteiger charge is 2.36. The number of hydrogen-bond donors (Lipinski definition) is 0. The molecule has 2 heterocycles. The molecule has 0 spiro atoms. The van der Waals surface area contributed by atoms with Crippen molar-refractivity contribution in [1.29, 1.82) is 0 Å². The van der Waals surface area contributed by atoms with E-state index in [1.165, 1.54) is 39.1 Å². The molecule has 2 atom stereocenters. The van der Waals surface area contributed by atoms with E-state index in [0.717, 1.165) is 17.9 Å². The van der Waals surface area contributed by atoms with Gasteiger partial charge in [0.2, 0.25) is 0 Å². The van der Waals surface area contributed by atoms with Gasteiger partial charge in [0.25, 0.3) is 0 Å². The van der Waals surface area contributed by atoms with E-state index >= 15 is 0 Å². The summed E-state index contributed by atoms with van der Waals surface area (Å²) >= 11 is 0. The van der Waals surface area contributed by atoms with Crippen LogP contribution in [0.1, 0.15) is 27.2 Å². The summed E-state index contributed by atoms with van der Waals surface area (Å²) in [5.74, 6) is 1.97. The zero-order chi connectivity index (χ0) is 10.1. The fourth-order valence-corrected chi connectivity index (χ4v) is 3.02. The maximum absolute atomic E-state index is 2.65. The topological polar surface area (TPSA) is 6.48 Å². The van der Waals surface area contributed by atoms with Crippen molar-refractivity contribution in [3.05, 3.63) is 0 Å². The van der Waals surface area contributed by atoms with E-state index in [1.807, 2.05) is 0 Å². The first-order valence-corrected chi connectivity index (χ1v) is 6.17. The molecule has 0 saturated carbocycles. The van der Waals surface area contributed by atoms with Crippen LogP contribution in [0.25, 0.3) is 0 Å². The summed E-state index contributed by atoms with van der Waals surface area (Å²) in [5, 5.41) is 0. The Hall–Kier alpha value is -0.0800. The molecule has 0 aromatic heterocycles. The van der Waals surface area contributed by atoms with Crippen LogP contribution in [0, 0.1) is 11.8 Å². The molecule has 2 aliphatic heterocycles. The second kappa shape index (κ2) is 4.19. The van der Waals surface area contributed by atoms with Crippen molar-refractivity contribution in [2.75, 3.05) is 32.7 Å². The largest absolute Gasteiger partial charge is 0.303 e. The minimum atomic E-state index is 0.742. The predicted octanol–water partition coefficient (Wildman–Crippen LogP) is 1.67. The summed E-state index contributed by atoms with van der Waals surface area (Å²) < 4.78 is 0. The van der Waals surface area contributed by atoms with Crippen LogP contribution in [0.5, 0.6) is 0 Å². The van der Waals surface area contributed by atoms with Crippen LogP contribution in [0.2, 0.25) is 0 Å². The lowest BCUT2D eigenvalue weighted by Gasteiger charge is -2.36.